The number of likely N-dealkylation sites (tertiary alicyclic amines) is 1. The number of aliphatic hydroxyl groups is 1. The molecule has 10 heteroatoms. The molecule has 1 aliphatic rings. The van der Waals surface area contributed by atoms with E-state index in [0.29, 0.717) is 5.56 Å². The summed E-state index contributed by atoms with van der Waals surface area (Å²) in [6.45, 7) is -0.0421. The molecule has 9 nitrogen and oxygen atoms in total. The highest BCUT2D eigenvalue weighted by Crippen LogP contribution is 2.41. The summed E-state index contributed by atoms with van der Waals surface area (Å²) in [6.07, 6.45) is 3.07. The van der Waals surface area contributed by atoms with E-state index < -0.39 is 34.2 Å². The first kappa shape index (κ1) is 22.6. The summed E-state index contributed by atoms with van der Waals surface area (Å²) < 4.78 is 19.2. The number of pyridine rings is 1. The fraction of sp³-hybridized carbons (Fsp3) is 0.125. The van der Waals surface area contributed by atoms with Gasteiger partial charge in [0.2, 0.25) is 0 Å². The molecule has 3 aromatic rings. The van der Waals surface area contributed by atoms with Gasteiger partial charge in [-0.15, -0.1) is 0 Å². The molecule has 2 aromatic carbocycles. The molecule has 1 saturated heterocycles. The number of rotatable bonds is 6. The average Bonchev–Trinajstić information content (AvgIpc) is 3.09. The van der Waals surface area contributed by atoms with Crippen molar-refractivity contribution >= 4 is 23.1 Å². The number of nitro groups is 1. The van der Waals surface area contributed by atoms with Crippen LogP contribution in [0.3, 0.4) is 0 Å². The van der Waals surface area contributed by atoms with Gasteiger partial charge in [-0.25, -0.2) is 4.39 Å². The molecule has 1 aliphatic heterocycles. The van der Waals surface area contributed by atoms with Gasteiger partial charge in [0.1, 0.15) is 5.76 Å². The van der Waals surface area contributed by atoms with Gasteiger partial charge in [-0.3, -0.25) is 24.7 Å². The third-order valence-corrected chi connectivity index (χ3v) is 5.44. The van der Waals surface area contributed by atoms with E-state index in [1.807, 2.05) is 0 Å². The lowest BCUT2D eigenvalue weighted by Gasteiger charge is -2.25. The van der Waals surface area contributed by atoms with Crippen molar-refractivity contribution in [2.45, 2.75) is 12.6 Å². The van der Waals surface area contributed by atoms with E-state index in [4.69, 9.17) is 4.74 Å². The average molecular weight is 463 g/mol. The van der Waals surface area contributed by atoms with Crippen LogP contribution in [0, 0.1) is 15.9 Å². The molecule has 1 N–H and O–H groups in total. The molecule has 1 atom stereocenters. The van der Waals surface area contributed by atoms with Crippen LogP contribution in [0.4, 0.5) is 10.1 Å². The highest BCUT2D eigenvalue weighted by atomic mass is 19.1. The number of hydrogen-bond donors (Lipinski definition) is 1. The maximum absolute atomic E-state index is 14.3. The lowest BCUT2D eigenvalue weighted by atomic mass is 9.94. The molecule has 1 amide bonds. The summed E-state index contributed by atoms with van der Waals surface area (Å²) in [5, 5.41) is 22.4. The monoisotopic (exact) mass is 463 g/mol. The van der Waals surface area contributed by atoms with Gasteiger partial charge in [0.05, 0.1) is 23.6 Å². The van der Waals surface area contributed by atoms with Crippen molar-refractivity contribution in [1.82, 2.24) is 9.88 Å². The molecule has 1 aromatic heterocycles. The smallest absolute Gasteiger partial charge is 0.295 e. The van der Waals surface area contributed by atoms with Gasteiger partial charge in [-0.05, 0) is 35.4 Å². The Kier molecular flexibility index (Phi) is 6.05. The minimum Gasteiger partial charge on any atom is -0.507 e. The molecule has 0 bridgehead atoms. The van der Waals surface area contributed by atoms with Crippen LogP contribution in [-0.4, -0.2) is 38.7 Å². The maximum Gasteiger partial charge on any atom is 0.295 e. The minimum absolute atomic E-state index is 0.0421. The number of nitrogens with zero attached hydrogens (tertiary/aromatic N) is 3. The first-order valence-corrected chi connectivity index (χ1v) is 10.1. The van der Waals surface area contributed by atoms with Gasteiger partial charge in [0.25, 0.3) is 17.4 Å². The van der Waals surface area contributed by atoms with Crippen molar-refractivity contribution in [2.24, 2.45) is 0 Å². The van der Waals surface area contributed by atoms with Gasteiger partial charge < -0.3 is 14.7 Å². The normalized spacial score (nSPS) is 17.1. The number of hydrogen-bond acceptors (Lipinski definition) is 7. The van der Waals surface area contributed by atoms with Crippen LogP contribution in [0.5, 0.6) is 5.75 Å². The summed E-state index contributed by atoms with van der Waals surface area (Å²) in [7, 11) is 1.28. The Hall–Kier alpha value is -4.60. The Morgan fingerprint density at radius 3 is 2.65 bits per heavy atom. The van der Waals surface area contributed by atoms with E-state index in [-0.39, 0.29) is 34.7 Å². The summed E-state index contributed by atoms with van der Waals surface area (Å²) in [5.41, 5.74) is 0.246. The fourth-order valence-corrected chi connectivity index (χ4v) is 3.86. The predicted molar refractivity (Wildman–Crippen MR) is 118 cm³/mol. The van der Waals surface area contributed by atoms with E-state index in [0.717, 1.165) is 6.07 Å². The number of carbonyl (C=O) groups excluding carboxylic acids is 2. The summed E-state index contributed by atoms with van der Waals surface area (Å²) in [5.74, 6) is -3.35. The third kappa shape index (κ3) is 4.08. The van der Waals surface area contributed by atoms with Gasteiger partial charge in [0, 0.05) is 36.6 Å². The van der Waals surface area contributed by atoms with E-state index >= 15 is 0 Å². The Labute approximate surface area is 192 Å². The summed E-state index contributed by atoms with van der Waals surface area (Å²) in [4.78, 5) is 42.0. The number of amides is 1. The number of carbonyl (C=O) groups is 2. The van der Waals surface area contributed by atoms with Crippen LogP contribution in [0.2, 0.25) is 0 Å². The van der Waals surface area contributed by atoms with Crippen LogP contribution < -0.4 is 4.74 Å². The molecule has 0 saturated carbocycles. The van der Waals surface area contributed by atoms with Crippen molar-refractivity contribution < 1.29 is 28.7 Å². The van der Waals surface area contributed by atoms with E-state index in [1.54, 1.807) is 18.3 Å². The van der Waals surface area contributed by atoms with E-state index in [1.165, 1.54) is 54.6 Å². The first-order valence-electron chi connectivity index (χ1n) is 10.1. The molecule has 0 radical (unpaired) electrons. The maximum atomic E-state index is 14.3. The molecule has 34 heavy (non-hydrogen) atoms. The SMILES string of the molecule is COc1ccc(C(O)=C2C(=O)C(=O)N(Cc3cccnc3)C2c2cccc([N+](=O)[O-])c2)cc1F. The Bertz CT molecular complexity index is 1330. The lowest BCUT2D eigenvalue weighted by Crippen LogP contribution is -2.29. The topological polar surface area (TPSA) is 123 Å². The highest BCUT2D eigenvalue weighted by molar-refractivity contribution is 6.46. The third-order valence-electron chi connectivity index (χ3n) is 5.44. The largest absolute Gasteiger partial charge is 0.507 e. The first-order chi connectivity index (χ1) is 16.3. The summed E-state index contributed by atoms with van der Waals surface area (Å²) in [6, 6.07) is 11.3. The number of aliphatic hydroxyl groups excluding tert-OH is 1. The van der Waals surface area contributed by atoms with Crippen molar-refractivity contribution in [3.8, 4) is 5.75 Å². The predicted octanol–water partition coefficient (Wildman–Crippen LogP) is 3.76. The summed E-state index contributed by atoms with van der Waals surface area (Å²) >= 11 is 0. The van der Waals surface area contributed by atoms with Gasteiger partial charge in [-0.2, -0.15) is 0 Å². The second-order valence-electron chi connectivity index (χ2n) is 7.49. The second-order valence-corrected chi connectivity index (χ2v) is 7.49. The zero-order valence-corrected chi connectivity index (χ0v) is 17.8. The van der Waals surface area contributed by atoms with Crippen LogP contribution in [-0.2, 0) is 16.1 Å². The van der Waals surface area contributed by atoms with Crippen molar-refractivity contribution in [3.05, 3.63) is 105 Å². The van der Waals surface area contributed by atoms with E-state index in [9.17, 15) is 29.2 Å². The van der Waals surface area contributed by atoms with Gasteiger partial charge in [-0.1, -0.05) is 18.2 Å². The van der Waals surface area contributed by atoms with Crippen LogP contribution >= 0.6 is 0 Å². The lowest BCUT2D eigenvalue weighted by molar-refractivity contribution is -0.384. The minimum atomic E-state index is -1.15. The Balaban J connectivity index is 1.89. The number of aromatic nitrogens is 1. The Morgan fingerprint density at radius 2 is 2.00 bits per heavy atom. The number of ketones is 1. The molecule has 1 fully saturated rings. The molecular formula is C24H18FN3O6. The molecule has 0 spiro atoms. The molecule has 1 unspecified atom stereocenters. The van der Waals surface area contributed by atoms with Crippen molar-refractivity contribution in [2.75, 3.05) is 7.11 Å². The van der Waals surface area contributed by atoms with Crippen LogP contribution in [0.15, 0.2) is 72.6 Å². The standard InChI is InChI=1S/C24H18FN3O6/c1-34-19-8-7-16(11-18(19)25)22(29)20-21(15-5-2-6-17(10-15)28(32)33)27(24(31)23(20)30)13-14-4-3-9-26-12-14/h2-12,21,29H,13H2,1H3. The number of halogens is 1. The van der Waals surface area contributed by atoms with E-state index in [2.05, 4.69) is 4.98 Å². The Morgan fingerprint density at radius 1 is 1.21 bits per heavy atom. The zero-order valence-electron chi connectivity index (χ0n) is 17.8. The fourth-order valence-electron chi connectivity index (χ4n) is 3.86. The number of non-ortho nitro benzene ring substituents is 1. The highest BCUT2D eigenvalue weighted by Gasteiger charge is 2.46. The zero-order chi connectivity index (χ0) is 24.4. The second kappa shape index (κ2) is 9.10. The number of methoxy groups -OCH3 is 1. The van der Waals surface area contributed by atoms with Crippen molar-refractivity contribution in [3.63, 3.8) is 0 Å². The number of benzene rings is 2. The molecular weight excluding hydrogens is 445 g/mol. The number of nitro benzene ring substituents is 1. The van der Waals surface area contributed by atoms with Crippen LogP contribution in [0.1, 0.15) is 22.7 Å². The number of Topliss-reactive ketones (excluding diaryl/α,β-unsaturated/α-hetero) is 1. The quantitative estimate of drug-likeness (QED) is 0.194. The van der Waals surface area contributed by atoms with Gasteiger partial charge in [0.15, 0.2) is 11.6 Å². The molecule has 0 aliphatic carbocycles. The molecule has 4 rings (SSSR count). The van der Waals surface area contributed by atoms with Gasteiger partial charge >= 0.3 is 0 Å². The molecule has 172 valence electrons. The molecule has 2 heterocycles. The number of ether oxygens (including phenoxy) is 1. The van der Waals surface area contributed by atoms with Crippen LogP contribution in [0.25, 0.3) is 5.76 Å². The van der Waals surface area contributed by atoms with Crippen molar-refractivity contribution in [1.29, 1.82) is 0 Å².